The van der Waals surface area contributed by atoms with Crippen LogP contribution in [-0.4, -0.2) is 64.6 Å². The van der Waals surface area contributed by atoms with Crippen LogP contribution in [0.4, 0.5) is 0 Å². The summed E-state index contributed by atoms with van der Waals surface area (Å²) in [6.45, 7) is 5.20. The number of hydrogen-bond acceptors (Lipinski definition) is 7. The van der Waals surface area contributed by atoms with Gasteiger partial charge in [-0.15, -0.1) is 0 Å². The van der Waals surface area contributed by atoms with E-state index in [4.69, 9.17) is 9.26 Å². The van der Waals surface area contributed by atoms with Crippen LogP contribution in [0, 0.1) is 6.92 Å². The van der Waals surface area contributed by atoms with Crippen LogP contribution in [0.1, 0.15) is 46.1 Å². The van der Waals surface area contributed by atoms with E-state index in [1.54, 1.807) is 17.9 Å². The highest BCUT2D eigenvalue weighted by atomic mass is 16.5. The first kappa shape index (κ1) is 20.6. The lowest BCUT2D eigenvalue weighted by atomic mass is 10.1. The summed E-state index contributed by atoms with van der Waals surface area (Å²) in [4.78, 5) is 34.1. The number of piperazine rings is 1. The number of fused-ring (bicyclic) bond motifs is 1. The minimum absolute atomic E-state index is 0.174. The molecule has 166 valence electrons. The van der Waals surface area contributed by atoms with Crippen LogP contribution in [0.2, 0.25) is 0 Å². The van der Waals surface area contributed by atoms with Crippen LogP contribution in [0.15, 0.2) is 40.9 Å². The van der Waals surface area contributed by atoms with Crippen molar-refractivity contribution in [3.63, 3.8) is 0 Å². The SMILES string of the molecule is Cc1noc2nc(C3CC3)cc(C(=O)OCC(=O)N3CCN(Cc4ccccc4)CC3)c12. The van der Waals surface area contributed by atoms with E-state index in [2.05, 4.69) is 27.2 Å². The third-order valence-corrected chi connectivity index (χ3v) is 6.15. The number of aromatic nitrogens is 2. The van der Waals surface area contributed by atoms with Crippen molar-refractivity contribution in [2.24, 2.45) is 0 Å². The van der Waals surface area contributed by atoms with Gasteiger partial charge in [-0.25, -0.2) is 9.78 Å². The standard InChI is InChI=1S/C24H26N4O4/c1-16-22-19(13-20(18-7-8-18)25-23(22)32-26-16)24(30)31-15-21(29)28-11-9-27(10-12-28)14-17-5-3-2-4-6-17/h2-6,13,18H,7-12,14-15H2,1H3. The fourth-order valence-electron chi connectivity index (χ4n) is 4.16. The molecule has 1 saturated heterocycles. The molecule has 0 spiro atoms. The number of ether oxygens (including phenoxy) is 1. The molecule has 2 aromatic heterocycles. The van der Waals surface area contributed by atoms with Gasteiger partial charge >= 0.3 is 5.97 Å². The van der Waals surface area contributed by atoms with E-state index in [9.17, 15) is 9.59 Å². The molecule has 2 aliphatic rings. The first-order valence-electron chi connectivity index (χ1n) is 11.1. The summed E-state index contributed by atoms with van der Waals surface area (Å²) < 4.78 is 10.7. The third-order valence-electron chi connectivity index (χ3n) is 6.15. The minimum atomic E-state index is -0.540. The van der Waals surface area contributed by atoms with Gasteiger partial charge in [0.25, 0.3) is 11.6 Å². The highest BCUT2D eigenvalue weighted by Crippen LogP contribution is 2.40. The Bertz CT molecular complexity index is 1130. The summed E-state index contributed by atoms with van der Waals surface area (Å²) >= 11 is 0. The van der Waals surface area contributed by atoms with Crippen molar-refractivity contribution < 1.29 is 18.8 Å². The Morgan fingerprint density at radius 1 is 1.12 bits per heavy atom. The van der Waals surface area contributed by atoms with E-state index in [0.717, 1.165) is 38.2 Å². The zero-order valence-electron chi connectivity index (χ0n) is 18.1. The molecule has 0 unspecified atom stereocenters. The number of pyridine rings is 1. The van der Waals surface area contributed by atoms with E-state index in [0.29, 0.717) is 41.4 Å². The summed E-state index contributed by atoms with van der Waals surface area (Å²) in [6.07, 6.45) is 2.10. The van der Waals surface area contributed by atoms with Gasteiger partial charge in [-0.2, -0.15) is 0 Å². The quantitative estimate of drug-likeness (QED) is 0.551. The molecule has 2 fully saturated rings. The molecule has 3 aromatic rings. The summed E-state index contributed by atoms with van der Waals surface area (Å²) in [5, 5.41) is 4.50. The average molecular weight is 434 g/mol. The fraction of sp³-hybridized carbons (Fsp3) is 0.417. The van der Waals surface area contributed by atoms with Gasteiger partial charge in [-0.1, -0.05) is 35.5 Å². The van der Waals surface area contributed by atoms with Gasteiger partial charge in [0.2, 0.25) is 0 Å². The Morgan fingerprint density at radius 3 is 2.59 bits per heavy atom. The van der Waals surface area contributed by atoms with Crippen molar-refractivity contribution >= 4 is 23.0 Å². The lowest BCUT2D eigenvalue weighted by Crippen LogP contribution is -2.49. The molecule has 1 aliphatic heterocycles. The van der Waals surface area contributed by atoms with Crippen molar-refractivity contribution in [2.45, 2.75) is 32.2 Å². The molecule has 1 amide bonds. The lowest BCUT2D eigenvalue weighted by Gasteiger charge is -2.34. The Kier molecular flexibility index (Phi) is 5.61. The van der Waals surface area contributed by atoms with Crippen LogP contribution >= 0.6 is 0 Å². The molecule has 1 saturated carbocycles. The van der Waals surface area contributed by atoms with Crippen LogP contribution in [0.3, 0.4) is 0 Å². The Hall–Kier alpha value is -3.26. The molecule has 0 bridgehead atoms. The zero-order chi connectivity index (χ0) is 22.1. The van der Waals surface area contributed by atoms with Gasteiger partial charge in [-0.05, 0) is 31.4 Å². The van der Waals surface area contributed by atoms with Crippen LogP contribution in [0.25, 0.3) is 11.1 Å². The predicted octanol–water partition coefficient (Wildman–Crippen LogP) is 2.91. The predicted molar refractivity (Wildman–Crippen MR) is 117 cm³/mol. The monoisotopic (exact) mass is 434 g/mol. The molecule has 0 N–H and O–H groups in total. The van der Waals surface area contributed by atoms with Gasteiger partial charge in [0, 0.05) is 44.3 Å². The smallest absolute Gasteiger partial charge is 0.339 e. The molecule has 0 radical (unpaired) electrons. The van der Waals surface area contributed by atoms with Crippen LogP contribution in [0.5, 0.6) is 0 Å². The molecule has 8 heteroatoms. The number of esters is 1. The summed E-state index contributed by atoms with van der Waals surface area (Å²) in [7, 11) is 0. The maximum Gasteiger partial charge on any atom is 0.339 e. The number of aryl methyl sites for hydroxylation is 1. The van der Waals surface area contributed by atoms with E-state index in [1.807, 2.05) is 18.2 Å². The number of nitrogens with zero attached hydrogens (tertiary/aromatic N) is 4. The molecule has 5 rings (SSSR count). The molecular weight excluding hydrogens is 408 g/mol. The topological polar surface area (TPSA) is 88.8 Å². The maximum atomic E-state index is 12.8. The molecule has 32 heavy (non-hydrogen) atoms. The van der Waals surface area contributed by atoms with E-state index < -0.39 is 5.97 Å². The van der Waals surface area contributed by atoms with Gasteiger partial charge < -0.3 is 14.2 Å². The normalized spacial score (nSPS) is 17.0. The lowest BCUT2D eigenvalue weighted by molar-refractivity contribution is -0.136. The second-order valence-corrected chi connectivity index (χ2v) is 8.54. The van der Waals surface area contributed by atoms with E-state index >= 15 is 0 Å². The number of carbonyl (C=O) groups is 2. The Labute approximate surface area is 186 Å². The van der Waals surface area contributed by atoms with Crippen molar-refractivity contribution in [1.82, 2.24) is 19.9 Å². The highest BCUT2D eigenvalue weighted by molar-refractivity contribution is 6.03. The average Bonchev–Trinajstić information content (AvgIpc) is 3.61. The zero-order valence-corrected chi connectivity index (χ0v) is 18.1. The summed E-state index contributed by atoms with van der Waals surface area (Å²) in [5.74, 6) is -0.362. The largest absolute Gasteiger partial charge is 0.452 e. The maximum absolute atomic E-state index is 12.8. The molecule has 0 atom stereocenters. The Balaban J connectivity index is 1.18. The van der Waals surface area contributed by atoms with Gasteiger partial charge in [0.15, 0.2) is 6.61 Å². The number of amides is 1. The second kappa shape index (κ2) is 8.70. The molecule has 3 heterocycles. The third kappa shape index (κ3) is 4.36. The Morgan fingerprint density at radius 2 is 1.88 bits per heavy atom. The molecule has 1 aromatic carbocycles. The molecule has 8 nitrogen and oxygen atoms in total. The summed E-state index contributed by atoms with van der Waals surface area (Å²) in [5.41, 5.74) is 3.39. The highest BCUT2D eigenvalue weighted by Gasteiger charge is 2.29. The van der Waals surface area contributed by atoms with Gasteiger partial charge in [0.05, 0.1) is 16.6 Å². The molecular formula is C24H26N4O4. The number of hydrogen-bond donors (Lipinski definition) is 0. The minimum Gasteiger partial charge on any atom is -0.452 e. The summed E-state index contributed by atoms with van der Waals surface area (Å²) in [6, 6.07) is 12.1. The number of benzene rings is 1. The van der Waals surface area contributed by atoms with E-state index in [1.165, 1.54) is 5.56 Å². The van der Waals surface area contributed by atoms with Crippen LogP contribution in [-0.2, 0) is 16.1 Å². The van der Waals surface area contributed by atoms with Gasteiger partial charge in [-0.3, -0.25) is 9.69 Å². The number of rotatable bonds is 6. The van der Waals surface area contributed by atoms with Crippen molar-refractivity contribution in [3.05, 3.63) is 58.9 Å². The first-order valence-corrected chi connectivity index (χ1v) is 11.1. The van der Waals surface area contributed by atoms with Crippen molar-refractivity contribution in [1.29, 1.82) is 0 Å². The fourth-order valence-corrected chi connectivity index (χ4v) is 4.16. The molecule has 1 aliphatic carbocycles. The van der Waals surface area contributed by atoms with Crippen molar-refractivity contribution in [2.75, 3.05) is 32.8 Å². The first-order chi connectivity index (χ1) is 15.6. The van der Waals surface area contributed by atoms with Crippen molar-refractivity contribution in [3.8, 4) is 0 Å². The van der Waals surface area contributed by atoms with Crippen LogP contribution < -0.4 is 0 Å². The number of carbonyl (C=O) groups excluding carboxylic acids is 2. The second-order valence-electron chi connectivity index (χ2n) is 8.54. The van der Waals surface area contributed by atoms with Gasteiger partial charge in [0.1, 0.15) is 0 Å². The van der Waals surface area contributed by atoms with E-state index in [-0.39, 0.29) is 12.5 Å².